The number of ether oxygens (including phenoxy) is 3. The van der Waals surface area contributed by atoms with Gasteiger partial charge in [-0.2, -0.15) is 0 Å². The average molecular weight is 360 g/mol. The van der Waals surface area contributed by atoms with Gasteiger partial charge in [0.05, 0.1) is 18.4 Å². The molecule has 0 bridgehead atoms. The number of carbonyl (C=O) groups excluding carboxylic acids is 1. The molecule has 1 aliphatic rings. The minimum atomic E-state index is -0.575. The highest BCUT2D eigenvalue weighted by atomic mass is 35.5. The van der Waals surface area contributed by atoms with Gasteiger partial charge < -0.3 is 18.6 Å². The Morgan fingerprint density at radius 3 is 2.92 bits per heavy atom. The zero-order valence-corrected chi connectivity index (χ0v) is 14.1. The first-order valence-electron chi connectivity index (χ1n) is 7.30. The van der Waals surface area contributed by atoms with Gasteiger partial charge in [-0.05, 0) is 35.9 Å². The molecule has 1 aromatic heterocycles. The van der Waals surface area contributed by atoms with Gasteiger partial charge in [-0.1, -0.05) is 24.3 Å². The first-order chi connectivity index (χ1) is 12.1. The number of hydrogen-bond acceptors (Lipinski definition) is 6. The van der Waals surface area contributed by atoms with E-state index in [0.717, 1.165) is 0 Å². The van der Waals surface area contributed by atoms with E-state index >= 15 is 0 Å². The molecule has 3 rings (SSSR count). The number of nitrogens with zero attached hydrogens (tertiary/aromatic N) is 1. The van der Waals surface area contributed by atoms with Crippen molar-refractivity contribution >= 4 is 29.5 Å². The van der Waals surface area contributed by atoms with Crippen molar-refractivity contribution in [1.29, 1.82) is 0 Å². The van der Waals surface area contributed by atoms with Crippen LogP contribution in [0.5, 0.6) is 11.5 Å². The highest BCUT2D eigenvalue weighted by Gasteiger charge is 2.26. The quantitative estimate of drug-likeness (QED) is 0.445. The van der Waals surface area contributed by atoms with Gasteiger partial charge in [0.1, 0.15) is 6.61 Å². The molecule has 0 spiro atoms. The molecule has 0 saturated carbocycles. The maximum absolute atomic E-state index is 12.0. The summed E-state index contributed by atoms with van der Waals surface area (Å²) in [5.41, 5.74) is 0.744. The van der Waals surface area contributed by atoms with Gasteiger partial charge in [0, 0.05) is 0 Å². The van der Waals surface area contributed by atoms with Crippen LogP contribution in [0.1, 0.15) is 11.3 Å². The van der Waals surface area contributed by atoms with Crippen molar-refractivity contribution in [3.8, 4) is 11.5 Å². The summed E-state index contributed by atoms with van der Waals surface area (Å²) in [5.74, 6) is 0.752. The van der Waals surface area contributed by atoms with Crippen LogP contribution < -0.4 is 9.47 Å². The van der Waals surface area contributed by atoms with E-state index in [2.05, 4.69) is 11.6 Å². The van der Waals surface area contributed by atoms with Crippen LogP contribution in [0.25, 0.3) is 6.08 Å². The van der Waals surface area contributed by atoms with Gasteiger partial charge in [-0.25, -0.2) is 9.79 Å². The minimum Gasteiger partial charge on any atom is -0.493 e. The predicted octanol–water partition coefficient (Wildman–Crippen LogP) is 3.85. The van der Waals surface area contributed by atoms with Crippen LogP contribution in [0.2, 0.25) is 5.02 Å². The predicted molar refractivity (Wildman–Crippen MR) is 93.0 cm³/mol. The van der Waals surface area contributed by atoms with Crippen LogP contribution in [0.15, 0.2) is 58.3 Å². The average Bonchev–Trinajstić information content (AvgIpc) is 3.24. The Morgan fingerprint density at radius 2 is 2.24 bits per heavy atom. The lowest BCUT2D eigenvalue weighted by Crippen LogP contribution is -2.04. The molecule has 0 radical (unpaired) electrons. The number of furan rings is 1. The number of esters is 1. The molecule has 0 aliphatic carbocycles. The third-order valence-corrected chi connectivity index (χ3v) is 3.53. The zero-order chi connectivity index (χ0) is 17.8. The number of benzene rings is 1. The molecule has 2 aromatic rings. The molecule has 0 N–H and O–H groups in total. The van der Waals surface area contributed by atoms with Gasteiger partial charge in [0.25, 0.3) is 5.90 Å². The van der Waals surface area contributed by atoms with Gasteiger partial charge in [0.2, 0.25) is 0 Å². The van der Waals surface area contributed by atoms with Crippen LogP contribution >= 0.6 is 11.6 Å². The second-order valence-corrected chi connectivity index (χ2v) is 5.35. The second-order valence-electron chi connectivity index (χ2n) is 4.95. The SMILES string of the molecule is C=CCOc1c(Cl)cc(/C=C2/N=C(c3ccco3)OC2=O)cc1OC. The van der Waals surface area contributed by atoms with Crippen molar-refractivity contribution in [2.45, 2.75) is 0 Å². The molecular weight excluding hydrogens is 346 g/mol. The minimum absolute atomic E-state index is 0.116. The summed E-state index contributed by atoms with van der Waals surface area (Å²) < 4.78 is 21.1. The fourth-order valence-corrected chi connectivity index (χ4v) is 2.45. The molecule has 128 valence electrons. The lowest BCUT2D eigenvalue weighted by molar-refractivity contribution is -0.130. The van der Waals surface area contributed by atoms with E-state index < -0.39 is 5.97 Å². The second kappa shape index (κ2) is 7.27. The highest BCUT2D eigenvalue weighted by Crippen LogP contribution is 2.37. The molecule has 7 heteroatoms. The molecule has 1 aromatic carbocycles. The Labute approximate surface area is 149 Å². The molecular formula is C18H14ClNO5. The van der Waals surface area contributed by atoms with Crippen molar-refractivity contribution in [3.05, 3.63) is 65.2 Å². The number of cyclic esters (lactones) is 1. The lowest BCUT2D eigenvalue weighted by atomic mass is 10.1. The van der Waals surface area contributed by atoms with E-state index in [1.54, 1.807) is 36.4 Å². The number of aliphatic imine (C=N–C) groups is 1. The van der Waals surface area contributed by atoms with Gasteiger partial charge in [-0.3, -0.25) is 0 Å². The van der Waals surface area contributed by atoms with E-state index in [1.807, 2.05) is 0 Å². The summed E-state index contributed by atoms with van der Waals surface area (Å²) in [4.78, 5) is 16.1. The highest BCUT2D eigenvalue weighted by molar-refractivity contribution is 6.32. The van der Waals surface area contributed by atoms with Crippen molar-refractivity contribution in [2.24, 2.45) is 4.99 Å². The summed E-state index contributed by atoms with van der Waals surface area (Å²) in [7, 11) is 1.50. The lowest BCUT2D eigenvalue weighted by Gasteiger charge is -2.12. The van der Waals surface area contributed by atoms with Crippen molar-refractivity contribution < 1.29 is 23.4 Å². The first kappa shape index (κ1) is 16.9. The molecule has 0 atom stereocenters. The third-order valence-electron chi connectivity index (χ3n) is 3.25. The topological polar surface area (TPSA) is 70.3 Å². The van der Waals surface area contributed by atoms with E-state index in [-0.39, 0.29) is 11.6 Å². The largest absolute Gasteiger partial charge is 0.493 e. The molecule has 25 heavy (non-hydrogen) atoms. The first-order valence-corrected chi connectivity index (χ1v) is 7.68. The molecule has 6 nitrogen and oxygen atoms in total. The summed E-state index contributed by atoms with van der Waals surface area (Å²) in [5, 5.41) is 0.342. The Hall–Kier alpha value is -2.99. The van der Waals surface area contributed by atoms with Crippen LogP contribution in [0.3, 0.4) is 0 Å². The van der Waals surface area contributed by atoms with Gasteiger partial charge in [-0.15, -0.1) is 0 Å². The molecule has 0 saturated heterocycles. The smallest absolute Gasteiger partial charge is 0.363 e. The maximum Gasteiger partial charge on any atom is 0.363 e. The molecule has 2 heterocycles. The number of hydrogen-bond donors (Lipinski definition) is 0. The zero-order valence-electron chi connectivity index (χ0n) is 13.3. The van der Waals surface area contributed by atoms with Crippen molar-refractivity contribution in [3.63, 3.8) is 0 Å². The number of halogens is 1. The van der Waals surface area contributed by atoms with Crippen LogP contribution in [0, 0.1) is 0 Å². The Balaban J connectivity index is 1.94. The summed E-state index contributed by atoms with van der Waals surface area (Å²) in [6.45, 7) is 3.88. The number of carbonyl (C=O) groups is 1. The third kappa shape index (κ3) is 3.59. The van der Waals surface area contributed by atoms with E-state index in [4.69, 9.17) is 30.2 Å². The summed E-state index contributed by atoms with van der Waals surface area (Å²) in [6, 6.07) is 6.66. The Morgan fingerprint density at radius 1 is 1.40 bits per heavy atom. The molecule has 0 unspecified atom stereocenters. The number of methoxy groups -OCH3 is 1. The van der Waals surface area contributed by atoms with Crippen molar-refractivity contribution in [2.75, 3.05) is 13.7 Å². The van der Waals surface area contributed by atoms with Crippen molar-refractivity contribution in [1.82, 2.24) is 0 Å². The van der Waals surface area contributed by atoms with E-state index in [9.17, 15) is 4.79 Å². The number of rotatable bonds is 6. The fourth-order valence-electron chi connectivity index (χ4n) is 2.18. The van der Waals surface area contributed by atoms with Crippen LogP contribution in [-0.4, -0.2) is 25.6 Å². The molecule has 0 amide bonds. The van der Waals surface area contributed by atoms with E-state index in [1.165, 1.54) is 13.4 Å². The fraction of sp³-hybridized carbons (Fsp3) is 0.111. The normalized spacial score (nSPS) is 15.0. The maximum atomic E-state index is 12.0. The Kier molecular flexibility index (Phi) is 4.90. The van der Waals surface area contributed by atoms with Gasteiger partial charge in [0.15, 0.2) is 23.0 Å². The molecule has 0 fully saturated rings. The monoisotopic (exact) mass is 359 g/mol. The standard InChI is InChI=1S/C18H14ClNO5/c1-3-6-24-16-12(19)8-11(10-15(16)22-2)9-13-18(21)25-17(20-13)14-5-4-7-23-14/h3-5,7-10H,1,6H2,2H3/b13-9+. The Bertz CT molecular complexity index is 868. The van der Waals surface area contributed by atoms with E-state index in [0.29, 0.717) is 34.5 Å². The van der Waals surface area contributed by atoms with Crippen LogP contribution in [-0.2, 0) is 9.53 Å². The van der Waals surface area contributed by atoms with Crippen LogP contribution in [0.4, 0.5) is 0 Å². The summed E-state index contributed by atoms with van der Waals surface area (Å²) in [6.07, 6.45) is 4.62. The van der Waals surface area contributed by atoms with Gasteiger partial charge >= 0.3 is 5.97 Å². The summed E-state index contributed by atoms with van der Waals surface area (Å²) >= 11 is 6.25. The molecule has 1 aliphatic heterocycles.